The maximum atomic E-state index is 10.7. The van der Waals surface area contributed by atoms with Crippen LogP contribution in [-0.4, -0.2) is 69.3 Å². The quantitative estimate of drug-likeness (QED) is 0.414. The average molecular weight is 413 g/mol. The highest BCUT2D eigenvalue weighted by molar-refractivity contribution is 5.18. The van der Waals surface area contributed by atoms with Crippen molar-refractivity contribution < 1.29 is 28.8 Å². The Labute approximate surface area is 176 Å². The lowest BCUT2D eigenvalue weighted by Gasteiger charge is -2.35. The fourth-order valence-corrected chi connectivity index (χ4v) is 4.28. The highest BCUT2D eigenvalue weighted by Crippen LogP contribution is 2.37. The summed E-state index contributed by atoms with van der Waals surface area (Å²) < 4.78 is 28.3. The van der Waals surface area contributed by atoms with Gasteiger partial charge in [-0.1, -0.05) is 39.0 Å². The van der Waals surface area contributed by atoms with Crippen molar-refractivity contribution in [3.05, 3.63) is 23.8 Å². The fraction of sp³-hybridized carbons (Fsp3) is 0.826. The third-order valence-electron chi connectivity index (χ3n) is 6.36. The first-order chi connectivity index (χ1) is 13.9. The maximum Gasteiger partial charge on any atom is 0.158 e. The summed E-state index contributed by atoms with van der Waals surface area (Å²) in [6.07, 6.45) is 8.00. The van der Waals surface area contributed by atoms with Gasteiger partial charge in [-0.15, -0.1) is 0 Å². The van der Waals surface area contributed by atoms with Crippen molar-refractivity contribution in [2.45, 2.75) is 89.9 Å². The molecule has 168 valence electrons. The van der Waals surface area contributed by atoms with Crippen LogP contribution in [0.5, 0.6) is 0 Å². The predicted molar refractivity (Wildman–Crippen MR) is 113 cm³/mol. The van der Waals surface area contributed by atoms with E-state index >= 15 is 0 Å². The average Bonchev–Trinajstić information content (AvgIpc) is 3.54. The van der Waals surface area contributed by atoms with Crippen LogP contribution in [0.3, 0.4) is 0 Å². The molecule has 6 nitrogen and oxygen atoms in total. The SMILES string of the molecule is CC[C@H](OC)[C@@H](C)[C@H]1O[C@@H]1[C@H](O)[C@@H](C)/C=C/C=C(\C)[C@@H]1O[C@@H](OC)CC[C@@H]1OC. The molecule has 0 unspecified atom stereocenters. The number of epoxide rings is 1. The lowest BCUT2D eigenvalue weighted by molar-refractivity contribution is -0.205. The van der Waals surface area contributed by atoms with E-state index in [1.165, 1.54) is 0 Å². The molecular weight excluding hydrogens is 372 g/mol. The molecule has 2 aliphatic rings. The Hall–Kier alpha value is -0.760. The van der Waals surface area contributed by atoms with Gasteiger partial charge in [0, 0.05) is 39.6 Å². The van der Waals surface area contributed by atoms with Crippen molar-refractivity contribution in [3.8, 4) is 0 Å². The molecule has 0 aliphatic carbocycles. The molecule has 2 aliphatic heterocycles. The first kappa shape index (κ1) is 24.5. The van der Waals surface area contributed by atoms with Gasteiger partial charge in [-0.25, -0.2) is 0 Å². The summed E-state index contributed by atoms with van der Waals surface area (Å²) in [7, 11) is 5.12. The minimum Gasteiger partial charge on any atom is -0.390 e. The van der Waals surface area contributed by atoms with Gasteiger partial charge >= 0.3 is 0 Å². The zero-order valence-corrected chi connectivity index (χ0v) is 19.0. The van der Waals surface area contributed by atoms with Crippen molar-refractivity contribution in [2.24, 2.45) is 11.8 Å². The molecule has 6 heteroatoms. The number of aliphatic hydroxyl groups is 1. The summed E-state index contributed by atoms with van der Waals surface area (Å²) >= 11 is 0. The molecule has 0 spiro atoms. The topological polar surface area (TPSA) is 69.7 Å². The number of rotatable bonds is 11. The predicted octanol–water partition coefficient (Wildman–Crippen LogP) is 3.48. The molecule has 0 radical (unpaired) electrons. The van der Waals surface area contributed by atoms with Gasteiger partial charge in [0.15, 0.2) is 6.29 Å². The molecule has 0 bridgehead atoms. The Morgan fingerprint density at radius 1 is 1.10 bits per heavy atom. The molecule has 2 heterocycles. The van der Waals surface area contributed by atoms with Gasteiger partial charge in [-0.2, -0.15) is 0 Å². The third-order valence-corrected chi connectivity index (χ3v) is 6.36. The first-order valence-corrected chi connectivity index (χ1v) is 10.8. The van der Waals surface area contributed by atoms with E-state index < -0.39 is 6.10 Å². The summed E-state index contributed by atoms with van der Waals surface area (Å²) in [5.74, 6) is 0.257. The van der Waals surface area contributed by atoms with Crippen LogP contribution in [0.4, 0.5) is 0 Å². The van der Waals surface area contributed by atoms with E-state index in [0.29, 0.717) is 0 Å². The standard InChI is InChI=1S/C23H40O6/c1-8-17(25-5)16(4)22-23(29-22)20(24)14(2)10-9-11-15(3)21-18(26-6)12-13-19(27-7)28-21/h9-11,14,16-24H,8,12-13H2,1-7H3/b10-9+,15-11+/t14-,16+,17-,18-,19+,20+,21-,22+,23+/m0/s1. The molecule has 1 N–H and O–H groups in total. The molecule has 9 atom stereocenters. The number of hydrogen-bond donors (Lipinski definition) is 1. The van der Waals surface area contributed by atoms with Gasteiger partial charge in [0.25, 0.3) is 0 Å². The molecule has 2 fully saturated rings. The highest BCUT2D eigenvalue weighted by atomic mass is 16.7. The van der Waals surface area contributed by atoms with E-state index in [0.717, 1.165) is 24.8 Å². The van der Waals surface area contributed by atoms with Gasteiger partial charge in [0.05, 0.1) is 24.4 Å². The Balaban J connectivity index is 1.90. The highest BCUT2D eigenvalue weighted by Gasteiger charge is 2.50. The number of ether oxygens (including phenoxy) is 5. The van der Waals surface area contributed by atoms with Crippen LogP contribution in [0.15, 0.2) is 23.8 Å². The second-order valence-electron chi connectivity index (χ2n) is 8.33. The molecule has 0 aromatic heterocycles. The Morgan fingerprint density at radius 2 is 1.83 bits per heavy atom. The number of aliphatic hydroxyl groups excluding tert-OH is 1. The lowest BCUT2D eigenvalue weighted by atomic mass is 9.91. The minimum atomic E-state index is -0.530. The summed E-state index contributed by atoms with van der Waals surface area (Å²) in [6, 6.07) is 0. The van der Waals surface area contributed by atoms with E-state index in [1.807, 2.05) is 32.1 Å². The second kappa shape index (κ2) is 11.6. The number of hydrogen-bond acceptors (Lipinski definition) is 6. The molecule has 0 saturated carbocycles. The molecular formula is C23H40O6. The van der Waals surface area contributed by atoms with E-state index in [2.05, 4.69) is 13.8 Å². The third kappa shape index (κ3) is 6.36. The summed E-state index contributed by atoms with van der Waals surface area (Å²) in [5.41, 5.74) is 1.08. The van der Waals surface area contributed by atoms with E-state index in [-0.39, 0.29) is 48.6 Å². The number of allylic oxidation sites excluding steroid dienone is 2. The largest absolute Gasteiger partial charge is 0.390 e. The lowest BCUT2D eigenvalue weighted by Crippen LogP contribution is -2.41. The molecule has 2 rings (SSSR count). The van der Waals surface area contributed by atoms with Crippen molar-refractivity contribution in [2.75, 3.05) is 21.3 Å². The van der Waals surface area contributed by atoms with Gasteiger partial charge < -0.3 is 28.8 Å². The normalized spacial score (nSPS) is 34.8. The van der Waals surface area contributed by atoms with Gasteiger partial charge in [-0.05, 0) is 25.3 Å². The smallest absolute Gasteiger partial charge is 0.158 e. The first-order valence-electron chi connectivity index (χ1n) is 10.8. The van der Waals surface area contributed by atoms with Gasteiger partial charge in [0.2, 0.25) is 0 Å². The summed E-state index contributed by atoms with van der Waals surface area (Å²) in [6.45, 7) is 8.29. The van der Waals surface area contributed by atoms with Gasteiger partial charge in [0.1, 0.15) is 12.2 Å². The Kier molecular flexibility index (Phi) is 9.79. The second-order valence-corrected chi connectivity index (χ2v) is 8.33. The van der Waals surface area contributed by atoms with Crippen LogP contribution >= 0.6 is 0 Å². The summed E-state index contributed by atoms with van der Waals surface area (Å²) in [4.78, 5) is 0. The van der Waals surface area contributed by atoms with Crippen molar-refractivity contribution in [1.29, 1.82) is 0 Å². The van der Waals surface area contributed by atoms with Crippen molar-refractivity contribution in [1.82, 2.24) is 0 Å². The molecule has 2 saturated heterocycles. The molecule has 0 amide bonds. The Bertz CT molecular complexity index is 543. The van der Waals surface area contributed by atoms with E-state index in [1.54, 1.807) is 21.3 Å². The van der Waals surface area contributed by atoms with Crippen LogP contribution in [0.25, 0.3) is 0 Å². The monoisotopic (exact) mass is 412 g/mol. The maximum absolute atomic E-state index is 10.7. The van der Waals surface area contributed by atoms with Crippen LogP contribution in [0.2, 0.25) is 0 Å². The molecule has 29 heavy (non-hydrogen) atoms. The van der Waals surface area contributed by atoms with Gasteiger partial charge in [-0.3, -0.25) is 0 Å². The van der Waals surface area contributed by atoms with Crippen LogP contribution in [0.1, 0.15) is 47.0 Å². The fourth-order valence-electron chi connectivity index (χ4n) is 4.28. The van der Waals surface area contributed by atoms with Crippen LogP contribution in [-0.2, 0) is 23.7 Å². The van der Waals surface area contributed by atoms with E-state index in [9.17, 15) is 5.11 Å². The van der Waals surface area contributed by atoms with Crippen molar-refractivity contribution >= 4 is 0 Å². The Morgan fingerprint density at radius 3 is 2.41 bits per heavy atom. The van der Waals surface area contributed by atoms with Crippen LogP contribution < -0.4 is 0 Å². The summed E-state index contributed by atoms with van der Waals surface area (Å²) in [5, 5.41) is 10.7. The van der Waals surface area contributed by atoms with E-state index in [4.69, 9.17) is 23.7 Å². The zero-order chi connectivity index (χ0) is 21.6. The van der Waals surface area contributed by atoms with Crippen molar-refractivity contribution in [3.63, 3.8) is 0 Å². The molecule has 0 aromatic carbocycles. The van der Waals surface area contributed by atoms with Crippen LogP contribution in [0, 0.1) is 11.8 Å². The zero-order valence-electron chi connectivity index (χ0n) is 19.0. The number of methoxy groups -OCH3 is 3. The minimum absolute atomic E-state index is 0.0129. The molecule has 0 aromatic rings.